The Morgan fingerprint density at radius 3 is 1.96 bits per heavy atom. The van der Waals surface area contributed by atoms with Crippen molar-refractivity contribution in [3.05, 3.63) is 0 Å². The molecule has 26 heavy (non-hydrogen) atoms. The van der Waals surface area contributed by atoms with Gasteiger partial charge in [-0.1, -0.05) is 13.8 Å². The first-order chi connectivity index (χ1) is 11.6. The number of hydrogen-bond donors (Lipinski definition) is 0. The fraction of sp³-hybridized carbons (Fsp3) is 0.895. The van der Waals surface area contributed by atoms with Gasteiger partial charge in [-0.25, -0.2) is 8.42 Å². The topological polar surface area (TPSA) is 91.3 Å². The summed E-state index contributed by atoms with van der Waals surface area (Å²) in [6.07, 6.45) is 1.88. The van der Waals surface area contributed by atoms with Crippen LogP contribution >= 0.6 is 0 Å². The molecule has 0 aromatic rings. The van der Waals surface area contributed by atoms with Crippen LogP contribution < -0.4 is 0 Å². The molecule has 2 aliphatic rings. The number of carbonyl (C=O) groups excluding carboxylic acids is 2. The largest absolute Gasteiger partial charge is 0.748 e. The number of hydrogen-bond acceptors (Lipinski definition) is 5. The van der Waals surface area contributed by atoms with E-state index in [9.17, 15) is 22.6 Å². The molecule has 2 bridgehead atoms. The Labute approximate surface area is 161 Å². The fourth-order valence-electron chi connectivity index (χ4n) is 4.52. The Hall–Kier alpha value is -0.400. The van der Waals surface area contributed by atoms with E-state index in [1.54, 1.807) is 6.92 Å². The third-order valence-corrected chi connectivity index (χ3v) is 10.2. The van der Waals surface area contributed by atoms with Crippen molar-refractivity contribution in [1.29, 1.82) is 0 Å². The van der Waals surface area contributed by atoms with Gasteiger partial charge in [-0.05, 0) is 69.7 Å². The first-order valence-electron chi connectivity index (χ1n) is 9.29. The second-order valence-corrected chi connectivity index (χ2v) is 13.3. The average Bonchev–Trinajstić information content (AvgIpc) is 2.77. The minimum absolute atomic E-state index is 0.0248. The maximum Gasteiger partial charge on any atom is 0.178 e. The molecule has 0 radical (unpaired) electrons. The van der Waals surface area contributed by atoms with Crippen molar-refractivity contribution in [2.75, 3.05) is 11.5 Å². The van der Waals surface area contributed by atoms with Gasteiger partial charge in [0.15, 0.2) is 11.5 Å². The smallest absolute Gasteiger partial charge is 0.178 e. The lowest BCUT2D eigenvalue weighted by molar-refractivity contribution is -0.128. The first-order valence-corrected chi connectivity index (χ1v) is 12.4. The molecule has 2 rings (SSSR count). The average molecular weight is 407 g/mol. The molecule has 2 unspecified atom stereocenters. The molecular weight excluding hydrogens is 372 g/mol. The maximum atomic E-state index is 11.8. The monoisotopic (exact) mass is 406 g/mol. The lowest BCUT2D eigenvalue weighted by Crippen LogP contribution is -2.42. The van der Waals surface area contributed by atoms with E-state index < -0.39 is 21.3 Å². The van der Waals surface area contributed by atoms with Gasteiger partial charge in [0, 0.05) is 11.8 Å². The normalized spacial score (nSPS) is 27.2. The Balaban J connectivity index is 0.000000276. The number of ketones is 2. The van der Waals surface area contributed by atoms with Gasteiger partial charge in [0.25, 0.3) is 0 Å². The minimum Gasteiger partial charge on any atom is -0.748 e. The molecule has 152 valence electrons. The third kappa shape index (κ3) is 5.10. The van der Waals surface area contributed by atoms with Crippen LogP contribution in [0.25, 0.3) is 0 Å². The van der Waals surface area contributed by atoms with E-state index in [0.717, 1.165) is 12.2 Å². The summed E-state index contributed by atoms with van der Waals surface area (Å²) in [7, 11) is -4.03. The van der Waals surface area contributed by atoms with Crippen molar-refractivity contribution in [3.63, 3.8) is 0 Å². The van der Waals surface area contributed by atoms with Crippen LogP contribution in [0.1, 0.15) is 67.7 Å². The van der Waals surface area contributed by atoms with Crippen LogP contribution in [0.5, 0.6) is 0 Å². The molecule has 5 nitrogen and oxygen atoms in total. The van der Waals surface area contributed by atoms with Gasteiger partial charge in [0.05, 0.1) is 15.9 Å². The second kappa shape index (κ2) is 8.31. The highest BCUT2D eigenvalue weighted by molar-refractivity contribution is 7.98. The molecule has 0 heterocycles. The zero-order valence-electron chi connectivity index (χ0n) is 17.1. The van der Waals surface area contributed by atoms with E-state index >= 15 is 0 Å². The van der Waals surface area contributed by atoms with Crippen LogP contribution in [0.3, 0.4) is 0 Å². The van der Waals surface area contributed by atoms with Gasteiger partial charge in [0.1, 0.15) is 16.3 Å². The van der Waals surface area contributed by atoms with Crippen LogP contribution in [0.4, 0.5) is 0 Å². The molecule has 0 saturated heterocycles. The van der Waals surface area contributed by atoms with E-state index in [0.29, 0.717) is 40.0 Å². The highest BCUT2D eigenvalue weighted by atomic mass is 32.2. The summed E-state index contributed by atoms with van der Waals surface area (Å²) in [6.45, 7) is 14.3. The minimum atomic E-state index is -4.33. The quantitative estimate of drug-likeness (QED) is 0.499. The summed E-state index contributed by atoms with van der Waals surface area (Å²) in [4.78, 5) is 22.7. The summed E-state index contributed by atoms with van der Waals surface area (Å²) in [6, 6.07) is 0. The van der Waals surface area contributed by atoms with Crippen molar-refractivity contribution < 1.29 is 22.6 Å². The number of Topliss-reactive ketones (excluding diaryl/α,β-unsaturated/α-hetero) is 2. The van der Waals surface area contributed by atoms with Crippen LogP contribution in [0.15, 0.2) is 0 Å². The van der Waals surface area contributed by atoms with E-state index in [1.165, 1.54) is 0 Å². The number of carbonyl (C=O) groups is 2. The van der Waals surface area contributed by atoms with Crippen molar-refractivity contribution in [2.45, 2.75) is 78.2 Å². The van der Waals surface area contributed by atoms with Crippen LogP contribution in [0.2, 0.25) is 0 Å². The van der Waals surface area contributed by atoms with Crippen LogP contribution in [0, 0.1) is 16.7 Å². The van der Waals surface area contributed by atoms with E-state index in [1.807, 2.05) is 13.8 Å². The SMILES string of the molecule is CC(=O)C[S+](C(C)C)C(C)C.CC1(C)C2CCC1(CS(=O)(=O)[O-])C(=O)C2. The van der Waals surface area contributed by atoms with Crippen molar-refractivity contribution in [2.24, 2.45) is 16.7 Å². The molecule has 2 aliphatic carbocycles. The Bertz CT molecular complexity index is 628. The Morgan fingerprint density at radius 2 is 1.73 bits per heavy atom. The Kier molecular flexibility index (Phi) is 7.56. The fourth-order valence-corrected chi connectivity index (χ4v) is 8.03. The van der Waals surface area contributed by atoms with E-state index in [-0.39, 0.29) is 17.1 Å². The second-order valence-electron chi connectivity index (χ2n) is 8.78. The van der Waals surface area contributed by atoms with Gasteiger partial charge in [-0.2, -0.15) is 0 Å². The molecule has 0 aromatic heterocycles. The zero-order valence-corrected chi connectivity index (χ0v) is 18.8. The zero-order chi connectivity index (χ0) is 20.5. The maximum absolute atomic E-state index is 11.8. The summed E-state index contributed by atoms with van der Waals surface area (Å²) < 4.78 is 32.7. The van der Waals surface area contributed by atoms with Gasteiger partial charge < -0.3 is 4.55 Å². The number of fused-ring (bicyclic) bond motifs is 2. The first kappa shape index (κ1) is 23.6. The third-order valence-electron chi connectivity index (χ3n) is 6.14. The lowest BCUT2D eigenvalue weighted by atomic mass is 9.70. The molecule has 0 aliphatic heterocycles. The predicted molar refractivity (Wildman–Crippen MR) is 106 cm³/mol. The summed E-state index contributed by atoms with van der Waals surface area (Å²) >= 11 is 0. The van der Waals surface area contributed by atoms with Crippen LogP contribution in [-0.2, 0) is 30.6 Å². The lowest BCUT2D eigenvalue weighted by Gasteiger charge is -2.37. The van der Waals surface area contributed by atoms with Crippen molar-refractivity contribution >= 4 is 32.6 Å². The van der Waals surface area contributed by atoms with Crippen molar-refractivity contribution in [1.82, 2.24) is 0 Å². The van der Waals surface area contributed by atoms with Gasteiger partial charge >= 0.3 is 0 Å². The van der Waals surface area contributed by atoms with Crippen LogP contribution in [-0.4, -0.2) is 46.5 Å². The van der Waals surface area contributed by atoms with E-state index in [4.69, 9.17) is 0 Å². The molecule has 2 saturated carbocycles. The van der Waals surface area contributed by atoms with Crippen molar-refractivity contribution in [3.8, 4) is 0 Å². The summed E-state index contributed by atoms with van der Waals surface area (Å²) in [5, 5.41) is 1.30. The molecular formula is C19H34O5S2. The standard InChI is InChI=1S/C10H16O4S.C9H19OS/c1-9(2)7-3-4-10(9,8(11)5-7)6-15(12,13)14;1-7(2)11(8(3)4)6-9(5)10/h7H,3-6H2,1-2H3,(H,12,13,14);7-8H,6H2,1-5H3/q;+1/p-1. The molecule has 2 atom stereocenters. The molecule has 0 spiro atoms. The predicted octanol–water partition coefficient (Wildman–Crippen LogP) is 2.94. The Morgan fingerprint density at radius 1 is 1.23 bits per heavy atom. The molecule has 0 amide bonds. The highest BCUT2D eigenvalue weighted by Crippen LogP contribution is 2.64. The molecule has 0 aromatic carbocycles. The number of rotatable bonds is 6. The molecule has 7 heteroatoms. The molecule has 0 N–H and O–H groups in total. The summed E-state index contributed by atoms with van der Waals surface area (Å²) in [5.41, 5.74) is -1.22. The highest BCUT2D eigenvalue weighted by Gasteiger charge is 2.64. The van der Waals surface area contributed by atoms with Gasteiger partial charge in [-0.3, -0.25) is 9.59 Å². The van der Waals surface area contributed by atoms with E-state index in [2.05, 4.69) is 27.7 Å². The van der Waals surface area contributed by atoms with Gasteiger partial charge in [0.2, 0.25) is 0 Å². The summed E-state index contributed by atoms with van der Waals surface area (Å²) in [5.74, 6) is 0.822. The molecule has 2 fully saturated rings. The van der Waals surface area contributed by atoms with Gasteiger partial charge in [-0.15, -0.1) is 0 Å².